The van der Waals surface area contributed by atoms with E-state index in [2.05, 4.69) is 13.8 Å². The molecule has 0 spiro atoms. The van der Waals surface area contributed by atoms with Crippen molar-refractivity contribution in [3.63, 3.8) is 0 Å². The maximum Gasteiger partial charge on any atom is 0.219 e. The third kappa shape index (κ3) is 9.80. The molecule has 2 saturated carbocycles. The summed E-state index contributed by atoms with van der Waals surface area (Å²) in [7, 11) is 0. The van der Waals surface area contributed by atoms with Crippen molar-refractivity contribution >= 4 is 5.91 Å². The van der Waals surface area contributed by atoms with E-state index in [-0.39, 0.29) is 7.33 Å². The number of hydrogen-bond donors (Lipinski definition) is 1. The quantitative estimate of drug-likeness (QED) is 0.406. The van der Waals surface area contributed by atoms with Crippen molar-refractivity contribution < 1.29 is 20.4 Å². The van der Waals surface area contributed by atoms with E-state index in [0.717, 1.165) is 37.6 Å². The molecule has 1 amide bonds. The van der Waals surface area contributed by atoms with E-state index < -0.39 is 0 Å². The van der Waals surface area contributed by atoms with Gasteiger partial charge in [-0.3, -0.25) is 4.79 Å². The predicted molar refractivity (Wildman–Crippen MR) is 119 cm³/mol. The fraction of sp³-hybridized carbons (Fsp3) is 0.958. The van der Waals surface area contributed by atoms with Gasteiger partial charge in [0.2, 0.25) is 5.91 Å². The monoisotopic (exact) mass is 413 g/mol. The van der Waals surface area contributed by atoms with Gasteiger partial charge < -0.3 is 19.9 Å². The maximum atomic E-state index is 10.5. The largest absolute Gasteiger partial charge is 0.381 e. The summed E-state index contributed by atoms with van der Waals surface area (Å²) in [5, 5.41) is 0. The van der Waals surface area contributed by atoms with Gasteiger partial charge in [0, 0.05) is 27.7 Å². The van der Waals surface area contributed by atoms with Crippen LogP contribution in [0.5, 0.6) is 0 Å². The zero-order chi connectivity index (χ0) is 21.1. The number of amides is 1. The highest BCUT2D eigenvalue weighted by atomic mass is 16.6. The standard InChI is InChI=1S/C13H25NO3.C11H20O.H2/c1-2-16-9-11-3-5-12(6-4-11)10-17-8-7-13(14)15;1-8(2)10-11(12-10)9-6-4-3-5-7-9;/h11-12H,2-10H2,1H3,(H2,14,15);8-11H,3-7H2,1-2H3;1H. The molecule has 3 aliphatic rings. The third-order valence-electron chi connectivity index (χ3n) is 6.70. The van der Waals surface area contributed by atoms with E-state index in [1.807, 2.05) is 6.92 Å². The predicted octanol–water partition coefficient (Wildman–Crippen LogP) is 4.96. The summed E-state index contributed by atoms with van der Waals surface area (Å²) in [5.74, 6) is 2.74. The van der Waals surface area contributed by atoms with Gasteiger partial charge in [0.15, 0.2) is 0 Å². The number of primary amides is 1. The number of carbonyl (C=O) groups is 1. The van der Waals surface area contributed by atoms with Crippen LogP contribution in [0.2, 0.25) is 0 Å². The zero-order valence-electron chi connectivity index (χ0n) is 19.1. The first-order valence-corrected chi connectivity index (χ1v) is 12.1. The minimum atomic E-state index is -0.287. The average Bonchev–Trinajstić information content (AvgIpc) is 3.53. The summed E-state index contributed by atoms with van der Waals surface area (Å²) in [5.41, 5.74) is 5.04. The van der Waals surface area contributed by atoms with Crippen LogP contribution in [-0.2, 0) is 19.0 Å². The van der Waals surface area contributed by atoms with Crippen LogP contribution < -0.4 is 5.73 Å². The lowest BCUT2D eigenvalue weighted by Crippen LogP contribution is -2.22. The highest BCUT2D eigenvalue weighted by Crippen LogP contribution is 2.41. The Hall–Kier alpha value is -0.650. The minimum absolute atomic E-state index is 0. The summed E-state index contributed by atoms with van der Waals surface area (Å²) in [6.45, 7) is 9.55. The molecule has 5 heteroatoms. The van der Waals surface area contributed by atoms with Gasteiger partial charge in [-0.2, -0.15) is 0 Å². The third-order valence-corrected chi connectivity index (χ3v) is 6.70. The highest BCUT2D eigenvalue weighted by molar-refractivity contribution is 5.73. The molecule has 172 valence electrons. The van der Waals surface area contributed by atoms with E-state index in [4.69, 9.17) is 19.9 Å². The Morgan fingerprint density at radius 1 is 1.00 bits per heavy atom. The summed E-state index contributed by atoms with van der Waals surface area (Å²) >= 11 is 0. The lowest BCUT2D eigenvalue weighted by molar-refractivity contribution is -0.119. The second-order valence-electron chi connectivity index (χ2n) is 9.54. The van der Waals surface area contributed by atoms with Crippen LogP contribution in [0, 0.1) is 23.7 Å². The molecule has 3 fully saturated rings. The summed E-state index contributed by atoms with van der Waals surface area (Å²) in [6, 6.07) is 0. The van der Waals surface area contributed by atoms with Crippen molar-refractivity contribution in [1.82, 2.24) is 0 Å². The molecule has 2 N–H and O–H groups in total. The van der Waals surface area contributed by atoms with Crippen LogP contribution in [0.25, 0.3) is 0 Å². The zero-order valence-corrected chi connectivity index (χ0v) is 19.1. The average molecular weight is 414 g/mol. The fourth-order valence-corrected chi connectivity index (χ4v) is 4.79. The van der Waals surface area contributed by atoms with Crippen molar-refractivity contribution in [1.29, 1.82) is 0 Å². The van der Waals surface area contributed by atoms with Crippen LogP contribution >= 0.6 is 0 Å². The second kappa shape index (κ2) is 13.6. The van der Waals surface area contributed by atoms with Crippen LogP contribution in [0.3, 0.4) is 0 Å². The number of ether oxygens (including phenoxy) is 3. The molecule has 0 aromatic rings. The van der Waals surface area contributed by atoms with Gasteiger partial charge >= 0.3 is 0 Å². The Kier molecular flexibility index (Phi) is 11.6. The maximum absolute atomic E-state index is 10.5. The molecule has 0 bridgehead atoms. The molecule has 2 aliphatic carbocycles. The normalized spacial score (nSPS) is 29.9. The van der Waals surface area contributed by atoms with E-state index in [1.54, 1.807) is 0 Å². The topological polar surface area (TPSA) is 74.1 Å². The second-order valence-corrected chi connectivity index (χ2v) is 9.54. The Morgan fingerprint density at radius 3 is 2.07 bits per heavy atom. The van der Waals surface area contributed by atoms with Crippen LogP contribution in [0.15, 0.2) is 0 Å². The first-order chi connectivity index (χ1) is 14.0. The molecule has 0 aromatic carbocycles. The molecule has 0 aromatic heterocycles. The van der Waals surface area contributed by atoms with Crippen molar-refractivity contribution in [2.24, 2.45) is 29.4 Å². The van der Waals surface area contributed by atoms with E-state index in [9.17, 15) is 4.79 Å². The van der Waals surface area contributed by atoms with Crippen molar-refractivity contribution in [3.8, 4) is 0 Å². The summed E-state index contributed by atoms with van der Waals surface area (Å²) < 4.78 is 16.6. The molecule has 2 atom stereocenters. The Labute approximate surface area is 179 Å². The molecule has 3 rings (SSSR count). The van der Waals surface area contributed by atoms with Crippen LogP contribution in [0.4, 0.5) is 0 Å². The number of nitrogens with two attached hydrogens (primary N) is 1. The number of hydrogen-bond acceptors (Lipinski definition) is 4. The van der Waals surface area contributed by atoms with Gasteiger partial charge in [-0.25, -0.2) is 0 Å². The SMILES string of the molecule is CC(C)C1OC1C1CCCCC1.CCOCC1CCC(COCCC(N)=O)CC1.[HH]. The first-order valence-electron chi connectivity index (χ1n) is 12.1. The molecule has 0 radical (unpaired) electrons. The van der Waals surface area contributed by atoms with E-state index in [0.29, 0.717) is 31.2 Å². The Bertz CT molecular complexity index is 448. The Balaban J connectivity index is 0.000000304. The van der Waals surface area contributed by atoms with Crippen molar-refractivity contribution in [2.75, 3.05) is 26.4 Å². The van der Waals surface area contributed by atoms with Gasteiger partial charge in [0.25, 0.3) is 0 Å². The molecule has 5 nitrogen and oxygen atoms in total. The van der Waals surface area contributed by atoms with Gasteiger partial charge in [-0.15, -0.1) is 0 Å². The van der Waals surface area contributed by atoms with Gasteiger partial charge in [0.1, 0.15) is 0 Å². The van der Waals surface area contributed by atoms with E-state index >= 15 is 0 Å². The molecule has 2 unspecified atom stereocenters. The van der Waals surface area contributed by atoms with Gasteiger partial charge in [0.05, 0.1) is 18.8 Å². The lowest BCUT2D eigenvalue weighted by Gasteiger charge is -2.28. The summed E-state index contributed by atoms with van der Waals surface area (Å²) in [4.78, 5) is 10.5. The first kappa shape index (κ1) is 24.6. The van der Waals surface area contributed by atoms with Crippen LogP contribution in [0.1, 0.15) is 86.4 Å². The highest BCUT2D eigenvalue weighted by Gasteiger charge is 2.46. The lowest BCUT2D eigenvalue weighted by atomic mass is 9.83. The molecular weight excluding hydrogens is 366 g/mol. The molecule has 1 aliphatic heterocycles. The van der Waals surface area contributed by atoms with E-state index in [1.165, 1.54) is 57.8 Å². The molecular formula is C24H47NO4. The molecule has 1 heterocycles. The molecule has 1 saturated heterocycles. The van der Waals surface area contributed by atoms with Crippen molar-refractivity contribution in [2.45, 2.75) is 97.2 Å². The Morgan fingerprint density at radius 2 is 1.59 bits per heavy atom. The van der Waals surface area contributed by atoms with Crippen LogP contribution in [-0.4, -0.2) is 44.5 Å². The smallest absolute Gasteiger partial charge is 0.219 e. The minimum Gasteiger partial charge on any atom is -0.381 e. The number of rotatable bonds is 10. The fourth-order valence-electron chi connectivity index (χ4n) is 4.79. The number of epoxide rings is 1. The molecule has 29 heavy (non-hydrogen) atoms. The van der Waals surface area contributed by atoms with Gasteiger partial charge in [-0.05, 0) is 69.1 Å². The van der Waals surface area contributed by atoms with Gasteiger partial charge in [-0.1, -0.05) is 33.1 Å². The van der Waals surface area contributed by atoms with Crippen molar-refractivity contribution in [3.05, 3.63) is 0 Å². The summed E-state index contributed by atoms with van der Waals surface area (Å²) in [6.07, 6.45) is 13.7. The number of carbonyl (C=O) groups excluding carboxylic acids is 1.